The molecule has 1 N–H and O–H groups in total. The van der Waals surface area contributed by atoms with Crippen molar-refractivity contribution in [2.75, 3.05) is 6.54 Å². The van der Waals surface area contributed by atoms with Gasteiger partial charge in [0.05, 0.1) is 12.0 Å². The molecule has 0 saturated heterocycles. The fourth-order valence-corrected chi connectivity index (χ4v) is 2.99. The quantitative estimate of drug-likeness (QED) is 0.831. The molecule has 0 radical (unpaired) electrons. The van der Waals surface area contributed by atoms with Gasteiger partial charge in [-0.3, -0.25) is 9.36 Å². The van der Waals surface area contributed by atoms with Gasteiger partial charge in [0.15, 0.2) is 0 Å². The third-order valence-electron chi connectivity index (χ3n) is 3.99. The van der Waals surface area contributed by atoms with E-state index in [-0.39, 0.29) is 5.56 Å². The topological polar surface area (TPSA) is 46.9 Å². The van der Waals surface area contributed by atoms with Crippen molar-refractivity contribution in [1.82, 2.24) is 14.9 Å². The summed E-state index contributed by atoms with van der Waals surface area (Å²) in [5.41, 5.74) is 2.08. The largest absolute Gasteiger partial charge is 0.311 e. The highest BCUT2D eigenvalue weighted by atomic mass is 16.1. The van der Waals surface area contributed by atoms with Crippen LogP contribution in [-0.2, 0) is 19.5 Å². The molecule has 0 atom stereocenters. The van der Waals surface area contributed by atoms with Crippen molar-refractivity contribution in [2.24, 2.45) is 5.92 Å². The minimum Gasteiger partial charge on any atom is -0.311 e. The molecule has 1 aromatic heterocycles. The Hall–Kier alpha value is -1.16. The maximum atomic E-state index is 12.3. The van der Waals surface area contributed by atoms with Crippen LogP contribution in [0.25, 0.3) is 0 Å². The van der Waals surface area contributed by atoms with Gasteiger partial charge < -0.3 is 5.32 Å². The number of hydrogen-bond acceptors (Lipinski definition) is 3. The van der Waals surface area contributed by atoms with E-state index in [1.165, 1.54) is 25.7 Å². The zero-order valence-corrected chi connectivity index (χ0v) is 10.1. The molecule has 2 heterocycles. The highest BCUT2D eigenvalue weighted by Crippen LogP contribution is 2.25. The van der Waals surface area contributed by atoms with E-state index in [9.17, 15) is 4.79 Å². The van der Waals surface area contributed by atoms with Crippen LogP contribution in [0.5, 0.6) is 0 Å². The third-order valence-corrected chi connectivity index (χ3v) is 3.99. The van der Waals surface area contributed by atoms with Gasteiger partial charge >= 0.3 is 0 Å². The minimum absolute atomic E-state index is 0.198. The van der Waals surface area contributed by atoms with Gasteiger partial charge in [-0.15, -0.1) is 0 Å². The lowest BCUT2D eigenvalue weighted by Gasteiger charge is -2.18. The predicted octanol–water partition coefficient (Wildman–Crippen LogP) is 1.08. The lowest BCUT2D eigenvalue weighted by atomic mass is 10.1. The summed E-state index contributed by atoms with van der Waals surface area (Å²) in [6, 6.07) is 0. The zero-order valence-electron chi connectivity index (χ0n) is 10.1. The van der Waals surface area contributed by atoms with E-state index in [0.29, 0.717) is 5.92 Å². The van der Waals surface area contributed by atoms with Gasteiger partial charge in [0, 0.05) is 18.7 Å². The molecule has 1 fully saturated rings. The molecule has 1 aliphatic carbocycles. The van der Waals surface area contributed by atoms with E-state index < -0.39 is 0 Å². The molecule has 2 aliphatic rings. The maximum absolute atomic E-state index is 12.3. The summed E-state index contributed by atoms with van der Waals surface area (Å²) in [4.78, 5) is 16.7. The molecule has 3 rings (SSSR count). The van der Waals surface area contributed by atoms with Crippen LogP contribution in [0.2, 0.25) is 0 Å². The van der Waals surface area contributed by atoms with Crippen LogP contribution in [0.3, 0.4) is 0 Å². The first-order valence-electron chi connectivity index (χ1n) is 6.62. The van der Waals surface area contributed by atoms with E-state index >= 15 is 0 Å². The molecule has 0 aromatic carbocycles. The predicted molar refractivity (Wildman–Crippen MR) is 65.9 cm³/mol. The van der Waals surface area contributed by atoms with E-state index in [4.69, 9.17) is 0 Å². The van der Waals surface area contributed by atoms with Crippen LogP contribution in [0.4, 0.5) is 0 Å². The van der Waals surface area contributed by atoms with E-state index in [0.717, 1.165) is 37.3 Å². The van der Waals surface area contributed by atoms with E-state index in [2.05, 4.69) is 10.3 Å². The van der Waals surface area contributed by atoms with E-state index in [1.54, 1.807) is 6.33 Å². The molecule has 0 spiro atoms. The highest BCUT2D eigenvalue weighted by molar-refractivity contribution is 5.19. The van der Waals surface area contributed by atoms with Crippen molar-refractivity contribution in [3.05, 3.63) is 27.9 Å². The van der Waals surface area contributed by atoms with Gasteiger partial charge in [-0.2, -0.15) is 0 Å². The number of fused-ring (bicyclic) bond motifs is 1. The fourth-order valence-electron chi connectivity index (χ4n) is 2.99. The Morgan fingerprint density at radius 3 is 3.06 bits per heavy atom. The average Bonchev–Trinajstić information content (AvgIpc) is 2.86. The number of aromatic nitrogens is 2. The summed E-state index contributed by atoms with van der Waals surface area (Å²) in [6.45, 7) is 2.51. The Balaban J connectivity index is 1.87. The smallest absolute Gasteiger partial charge is 0.256 e. The van der Waals surface area contributed by atoms with Gasteiger partial charge in [0.1, 0.15) is 0 Å². The molecule has 1 aliphatic heterocycles. The second-order valence-electron chi connectivity index (χ2n) is 5.20. The molecule has 0 bridgehead atoms. The second kappa shape index (κ2) is 4.61. The van der Waals surface area contributed by atoms with Crippen molar-refractivity contribution in [3.63, 3.8) is 0 Å². The summed E-state index contributed by atoms with van der Waals surface area (Å²) in [5, 5.41) is 3.25. The Bertz CT molecular complexity index is 460. The first-order chi connectivity index (χ1) is 8.34. The van der Waals surface area contributed by atoms with E-state index in [1.807, 2.05) is 4.57 Å². The van der Waals surface area contributed by atoms with Crippen molar-refractivity contribution in [2.45, 2.75) is 45.2 Å². The van der Waals surface area contributed by atoms with Crippen LogP contribution in [-0.4, -0.2) is 16.1 Å². The molecule has 0 amide bonds. The molecule has 0 unspecified atom stereocenters. The highest BCUT2D eigenvalue weighted by Gasteiger charge is 2.19. The van der Waals surface area contributed by atoms with Crippen LogP contribution in [0.15, 0.2) is 11.1 Å². The van der Waals surface area contributed by atoms with Crippen LogP contribution >= 0.6 is 0 Å². The standard InChI is InChI=1S/C13H19N3O/c17-13-11-5-6-14-7-12(11)15-9-16(13)8-10-3-1-2-4-10/h9-10,14H,1-8H2. The molecule has 4 nitrogen and oxygen atoms in total. The molecular formula is C13H19N3O. The molecule has 1 saturated carbocycles. The number of nitrogens with one attached hydrogen (secondary N) is 1. The molecule has 17 heavy (non-hydrogen) atoms. The first-order valence-corrected chi connectivity index (χ1v) is 6.62. The summed E-state index contributed by atoms with van der Waals surface area (Å²) >= 11 is 0. The SMILES string of the molecule is O=c1c2c(ncn1CC1CCCC1)CNCC2. The van der Waals surface area contributed by atoms with Crippen LogP contribution in [0, 0.1) is 5.92 Å². The zero-order chi connectivity index (χ0) is 11.7. The summed E-state index contributed by atoms with van der Waals surface area (Å²) in [7, 11) is 0. The molecule has 1 aromatic rings. The monoisotopic (exact) mass is 233 g/mol. The van der Waals surface area contributed by atoms with Gasteiger partial charge in [-0.05, 0) is 31.7 Å². The number of rotatable bonds is 2. The lowest BCUT2D eigenvalue weighted by molar-refractivity contribution is 0.439. The third kappa shape index (κ3) is 2.14. The molecule has 4 heteroatoms. The maximum Gasteiger partial charge on any atom is 0.256 e. The second-order valence-corrected chi connectivity index (χ2v) is 5.20. The van der Waals surface area contributed by atoms with Crippen molar-refractivity contribution in [3.8, 4) is 0 Å². The van der Waals surface area contributed by atoms with Crippen LogP contribution in [0.1, 0.15) is 36.9 Å². The normalized spacial score (nSPS) is 20.5. The molecule has 92 valence electrons. The summed E-state index contributed by atoms with van der Waals surface area (Å²) in [5.74, 6) is 0.689. The Labute approximate surface area is 101 Å². The Morgan fingerprint density at radius 1 is 1.41 bits per heavy atom. The fraction of sp³-hybridized carbons (Fsp3) is 0.692. The summed E-state index contributed by atoms with van der Waals surface area (Å²) < 4.78 is 1.83. The lowest BCUT2D eigenvalue weighted by Crippen LogP contribution is -2.35. The van der Waals surface area contributed by atoms with Gasteiger partial charge in [-0.25, -0.2) is 4.98 Å². The molecular weight excluding hydrogens is 214 g/mol. The number of hydrogen-bond donors (Lipinski definition) is 1. The Kier molecular flexibility index (Phi) is 2.97. The Morgan fingerprint density at radius 2 is 2.24 bits per heavy atom. The summed E-state index contributed by atoms with van der Waals surface area (Å²) in [6.07, 6.45) is 7.75. The van der Waals surface area contributed by atoms with Gasteiger partial charge in [0.2, 0.25) is 0 Å². The van der Waals surface area contributed by atoms with Crippen molar-refractivity contribution < 1.29 is 0 Å². The van der Waals surface area contributed by atoms with Gasteiger partial charge in [0.25, 0.3) is 5.56 Å². The van der Waals surface area contributed by atoms with Crippen LogP contribution < -0.4 is 10.9 Å². The van der Waals surface area contributed by atoms with Crippen molar-refractivity contribution >= 4 is 0 Å². The average molecular weight is 233 g/mol. The number of nitrogens with zero attached hydrogens (tertiary/aromatic N) is 2. The van der Waals surface area contributed by atoms with Crippen molar-refractivity contribution in [1.29, 1.82) is 0 Å². The first kappa shape index (κ1) is 11.0. The minimum atomic E-state index is 0.198. The van der Waals surface area contributed by atoms with Gasteiger partial charge in [-0.1, -0.05) is 12.8 Å².